The van der Waals surface area contributed by atoms with Crippen LogP contribution in [0.4, 0.5) is 0 Å². The zero-order valence-corrected chi connectivity index (χ0v) is 23.2. The summed E-state index contributed by atoms with van der Waals surface area (Å²) in [5, 5.41) is 1.47. The van der Waals surface area contributed by atoms with Crippen molar-refractivity contribution in [2.24, 2.45) is 0 Å². The molecular formula is C28H32Cl2N4O4. The molecule has 2 saturated heterocycles. The molecule has 3 aromatic rings. The first kappa shape index (κ1) is 26.9. The molecule has 8 nitrogen and oxygen atoms in total. The molecule has 1 amide bonds. The van der Waals surface area contributed by atoms with E-state index in [2.05, 4.69) is 9.88 Å². The van der Waals surface area contributed by atoms with Gasteiger partial charge in [-0.25, -0.2) is 4.98 Å². The Morgan fingerprint density at radius 3 is 2.66 bits per heavy atom. The third-order valence-corrected chi connectivity index (χ3v) is 7.99. The Kier molecular flexibility index (Phi) is 8.23. The van der Waals surface area contributed by atoms with Crippen molar-refractivity contribution in [1.29, 1.82) is 0 Å². The molecule has 2 aliphatic heterocycles. The molecule has 0 saturated carbocycles. The van der Waals surface area contributed by atoms with Crippen LogP contribution in [0.1, 0.15) is 35.8 Å². The summed E-state index contributed by atoms with van der Waals surface area (Å²) in [4.78, 5) is 35.3. The second-order valence-corrected chi connectivity index (χ2v) is 10.7. The molecule has 0 bridgehead atoms. The number of benzene rings is 1. The third kappa shape index (κ3) is 5.83. The minimum Gasteiger partial charge on any atom is -0.490 e. The van der Waals surface area contributed by atoms with Gasteiger partial charge in [-0.2, -0.15) is 0 Å². The zero-order valence-electron chi connectivity index (χ0n) is 21.7. The number of likely N-dealkylation sites (tertiary alicyclic amines) is 1. The minimum absolute atomic E-state index is 0.112. The van der Waals surface area contributed by atoms with Crippen LogP contribution in [0.15, 0.2) is 41.3 Å². The van der Waals surface area contributed by atoms with E-state index in [4.69, 9.17) is 32.7 Å². The van der Waals surface area contributed by atoms with Gasteiger partial charge in [-0.3, -0.25) is 9.59 Å². The number of nitrogens with zero attached hydrogens (tertiary/aromatic N) is 4. The van der Waals surface area contributed by atoms with Crippen molar-refractivity contribution < 1.29 is 14.3 Å². The monoisotopic (exact) mass is 558 g/mol. The summed E-state index contributed by atoms with van der Waals surface area (Å²) in [5.74, 6) is 0.478. The summed E-state index contributed by atoms with van der Waals surface area (Å²) in [7, 11) is 0. The predicted octanol–water partition coefficient (Wildman–Crippen LogP) is 4.42. The molecule has 0 aliphatic carbocycles. The molecule has 0 N–H and O–H groups in total. The smallest absolute Gasteiger partial charge is 0.259 e. The maximum Gasteiger partial charge on any atom is 0.259 e. The minimum atomic E-state index is -0.269. The fourth-order valence-electron chi connectivity index (χ4n) is 5.18. The van der Waals surface area contributed by atoms with Gasteiger partial charge in [0.1, 0.15) is 23.1 Å². The van der Waals surface area contributed by atoms with E-state index in [0.717, 1.165) is 43.9 Å². The first-order valence-electron chi connectivity index (χ1n) is 13.1. The van der Waals surface area contributed by atoms with Gasteiger partial charge in [-0.15, -0.1) is 0 Å². The van der Waals surface area contributed by atoms with Crippen molar-refractivity contribution in [2.75, 3.05) is 39.3 Å². The lowest BCUT2D eigenvalue weighted by Crippen LogP contribution is -2.51. The Morgan fingerprint density at radius 1 is 1.13 bits per heavy atom. The summed E-state index contributed by atoms with van der Waals surface area (Å²) < 4.78 is 14.0. The lowest BCUT2D eigenvalue weighted by atomic mass is 10.1. The Labute approximate surface area is 232 Å². The number of carbonyl (C=O) groups excluding carboxylic acids is 1. The molecule has 2 fully saturated rings. The van der Waals surface area contributed by atoms with Gasteiger partial charge in [0, 0.05) is 57.2 Å². The summed E-state index contributed by atoms with van der Waals surface area (Å²) in [6.45, 7) is 8.32. The number of hydrogen-bond acceptors (Lipinski definition) is 6. The van der Waals surface area contributed by atoms with E-state index < -0.39 is 0 Å². The molecule has 2 aromatic heterocycles. The second kappa shape index (κ2) is 11.6. The van der Waals surface area contributed by atoms with Crippen molar-refractivity contribution >= 4 is 40.1 Å². The molecule has 0 spiro atoms. The highest BCUT2D eigenvalue weighted by atomic mass is 35.5. The fraction of sp³-hybridized carbons (Fsp3) is 0.464. The average Bonchev–Trinajstić information content (AvgIpc) is 2.92. The number of pyridine rings is 2. The van der Waals surface area contributed by atoms with E-state index in [1.54, 1.807) is 29.3 Å². The molecular weight excluding hydrogens is 527 g/mol. The second-order valence-electron chi connectivity index (χ2n) is 9.92. The van der Waals surface area contributed by atoms with Crippen LogP contribution >= 0.6 is 23.2 Å². The molecule has 5 rings (SSSR count). The highest BCUT2D eigenvalue weighted by Crippen LogP contribution is 2.28. The summed E-state index contributed by atoms with van der Waals surface area (Å²) in [5.41, 5.74) is 1.36. The predicted molar refractivity (Wildman–Crippen MR) is 149 cm³/mol. The lowest BCUT2D eigenvalue weighted by molar-refractivity contribution is -0.0414. The SMILES string of the molecule is CCn1cc(C(=O)N2CCOC(CN3CCC(Oc4ccc(Cl)c(Cl)c4)CC3)C2)c(=O)c2ccc(C)nc21. The van der Waals surface area contributed by atoms with Crippen LogP contribution in [-0.2, 0) is 11.3 Å². The van der Waals surface area contributed by atoms with Gasteiger partial charge in [0.15, 0.2) is 0 Å². The number of ether oxygens (including phenoxy) is 2. The number of halogens is 2. The van der Waals surface area contributed by atoms with E-state index in [9.17, 15) is 9.59 Å². The standard InChI is InChI=1S/C28H32Cl2N4O4/c1-3-33-17-23(26(35)22-6-4-18(2)31-27(22)33)28(36)34-12-13-37-21(16-34)15-32-10-8-19(9-11-32)38-20-5-7-24(29)25(30)14-20/h4-7,14,17,19,21H,3,8-13,15-16H2,1-2H3. The van der Waals surface area contributed by atoms with E-state index in [-0.39, 0.29) is 29.1 Å². The number of fused-ring (bicyclic) bond motifs is 1. The van der Waals surface area contributed by atoms with Crippen LogP contribution in [-0.4, -0.2) is 76.8 Å². The van der Waals surface area contributed by atoms with Gasteiger partial charge in [-0.05, 0) is 51.0 Å². The van der Waals surface area contributed by atoms with E-state index in [0.29, 0.717) is 47.3 Å². The number of morpholine rings is 1. The molecule has 2 aliphatic rings. The van der Waals surface area contributed by atoms with Gasteiger partial charge < -0.3 is 23.8 Å². The van der Waals surface area contributed by atoms with Crippen LogP contribution in [0.25, 0.3) is 11.0 Å². The maximum atomic E-state index is 13.5. The van der Waals surface area contributed by atoms with E-state index in [1.165, 1.54) is 0 Å². The average molecular weight is 559 g/mol. The number of aromatic nitrogens is 2. The Hall–Kier alpha value is -2.65. The van der Waals surface area contributed by atoms with Crippen molar-refractivity contribution in [2.45, 2.75) is 45.4 Å². The first-order valence-corrected chi connectivity index (χ1v) is 13.8. The van der Waals surface area contributed by atoms with Crippen LogP contribution in [0, 0.1) is 6.92 Å². The number of piperidine rings is 1. The van der Waals surface area contributed by atoms with Gasteiger partial charge >= 0.3 is 0 Å². The van der Waals surface area contributed by atoms with Crippen LogP contribution < -0.4 is 10.2 Å². The topological polar surface area (TPSA) is 76.9 Å². The first-order chi connectivity index (χ1) is 18.3. The van der Waals surface area contributed by atoms with Crippen LogP contribution in [0.5, 0.6) is 5.75 Å². The molecule has 38 heavy (non-hydrogen) atoms. The normalized spacial score (nSPS) is 19.2. The number of amides is 1. The Morgan fingerprint density at radius 2 is 1.92 bits per heavy atom. The zero-order chi connectivity index (χ0) is 26.8. The molecule has 0 radical (unpaired) electrons. The lowest BCUT2D eigenvalue weighted by Gasteiger charge is -2.38. The molecule has 1 unspecified atom stereocenters. The van der Waals surface area contributed by atoms with Crippen molar-refractivity contribution in [3.05, 3.63) is 68.1 Å². The van der Waals surface area contributed by atoms with Crippen LogP contribution in [0.2, 0.25) is 10.0 Å². The molecule has 202 valence electrons. The number of hydrogen-bond donors (Lipinski definition) is 0. The molecule has 1 atom stereocenters. The van der Waals surface area contributed by atoms with E-state index >= 15 is 0 Å². The number of aryl methyl sites for hydroxylation is 2. The highest BCUT2D eigenvalue weighted by Gasteiger charge is 2.30. The fourth-order valence-corrected chi connectivity index (χ4v) is 5.47. The molecule has 1 aromatic carbocycles. The van der Waals surface area contributed by atoms with Gasteiger partial charge in [0.2, 0.25) is 5.43 Å². The van der Waals surface area contributed by atoms with Crippen molar-refractivity contribution in [1.82, 2.24) is 19.4 Å². The number of carbonyl (C=O) groups is 1. The summed E-state index contributed by atoms with van der Waals surface area (Å²) in [6.07, 6.45) is 3.43. The Bertz CT molecular complexity index is 1390. The molecule has 4 heterocycles. The number of rotatable bonds is 6. The van der Waals surface area contributed by atoms with E-state index in [1.807, 2.05) is 30.5 Å². The van der Waals surface area contributed by atoms with Crippen LogP contribution in [0.3, 0.4) is 0 Å². The Balaban J connectivity index is 1.20. The van der Waals surface area contributed by atoms with Crippen molar-refractivity contribution in [3.63, 3.8) is 0 Å². The quantitative estimate of drug-likeness (QED) is 0.445. The van der Waals surface area contributed by atoms with Gasteiger partial charge in [0.05, 0.1) is 28.1 Å². The third-order valence-electron chi connectivity index (χ3n) is 7.25. The largest absolute Gasteiger partial charge is 0.490 e. The summed E-state index contributed by atoms with van der Waals surface area (Å²) >= 11 is 12.1. The van der Waals surface area contributed by atoms with Gasteiger partial charge in [-0.1, -0.05) is 23.2 Å². The summed E-state index contributed by atoms with van der Waals surface area (Å²) in [6, 6.07) is 8.90. The maximum absolute atomic E-state index is 13.5. The van der Waals surface area contributed by atoms with Crippen molar-refractivity contribution in [3.8, 4) is 5.75 Å². The van der Waals surface area contributed by atoms with Gasteiger partial charge in [0.25, 0.3) is 5.91 Å². The molecule has 10 heteroatoms. The highest BCUT2D eigenvalue weighted by molar-refractivity contribution is 6.42.